The molecule has 5 heteroatoms. The van der Waals surface area contributed by atoms with Crippen LogP contribution in [0, 0.1) is 5.82 Å². The summed E-state index contributed by atoms with van der Waals surface area (Å²) in [6.45, 7) is 4.57. The van der Waals surface area contributed by atoms with Crippen molar-refractivity contribution in [1.82, 2.24) is 0 Å². The Morgan fingerprint density at radius 3 is 2.20 bits per heavy atom. The summed E-state index contributed by atoms with van der Waals surface area (Å²) in [6, 6.07) is 3.56. The molecule has 1 rings (SSSR count). The Morgan fingerprint density at radius 2 is 1.80 bits per heavy atom. The van der Waals surface area contributed by atoms with E-state index in [9.17, 15) is 12.8 Å². The molecule has 0 atom stereocenters. The lowest BCUT2D eigenvalue weighted by Crippen LogP contribution is -2.28. The average molecular weight is 251 g/mol. The highest BCUT2D eigenvalue weighted by molar-refractivity contribution is 7.92. The SMILES string of the molecule is CC(C)(C)S(=O)(=O)c1ccc(Cl)cc1F. The number of hydrogen-bond donors (Lipinski definition) is 0. The summed E-state index contributed by atoms with van der Waals surface area (Å²) in [4.78, 5) is -0.306. The summed E-state index contributed by atoms with van der Waals surface area (Å²) in [5.74, 6) is -0.808. The molecule has 0 aliphatic carbocycles. The summed E-state index contributed by atoms with van der Waals surface area (Å²) in [6.07, 6.45) is 0. The lowest BCUT2D eigenvalue weighted by Gasteiger charge is -2.19. The van der Waals surface area contributed by atoms with Crippen LogP contribution in [-0.4, -0.2) is 13.2 Å². The van der Waals surface area contributed by atoms with E-state index in [0.29, 0.717) is 0 Å². The smallest absolute Gasteiger partial charge is 0.186 e. The van der Waals surface area contributed by atoms with Gasteiger partial charge in [0.25, 0.3) is 0 Å². The van der Waals surface area contributed by atoms with Crippen LogP contribution in [0.2, 0.25) is 5.02 Å². The van der Waals surface area contributed by atoms with Crippen molar-refractivity contribution >= 4 is 21.4 Å². The number of hydrogen-bond acceptors (Lipinski definition) is 2. The molecular formula is C10H12ClFO2S. The van der Waals surface area contributed by atoms with Gasteiger partial charge in [0.05, 0.1) is 4.75 Å². The molecule has 0 spiro atoms. The Labute approximate surface area is 94.0 Å². The van der Waals surface area contributed by atoms with E-state index in [1.807, 2.05) is 0 Å². The van der Waals surface area contributed by atoms with Gasteiger partial charge < -0.3 is 0 Å². The maximum absolute atomic E-state index is 13.4. The third-order valence-corrected chi connectivity index (χ3v) is 4.75. The second-order valence-electron chi connectivity index (χ2n) is 4.19. The van der Waals surface area contributed by atoms with Gasteiger partial charge in [-0.2, -0.15) is 0 Å². The Bertz CT molecular complexity index is 475. The maximum Gasteiger partial charge on any atom is 0.186 e. The van der Waals surface area contributed by atoms with Crippen LogP contribution in [0.4, 0.5) is 4.39 Å². The molecule has 0 amide bonds. The lowest BCUT2D eigenvalue weighted by molar-refractivity contribution is 0.541. The largest absolute Gasteiger partial charge is 0.223 e. The van der Waals surface area contributed by atoms with Crippen LogP contribution < -0.4 is 0 Å². The zero-order chi connectivity index (χ0) is 11.9. The normalized spacial score (nSPS) is 12.9. The molecule has 0 N–H and O–H groups in total. The number of sulfone groups is 1. The Balaban J connectivity index is 3.42. The minimum Gasteiger partial charge on any atom is -0.223 e. The van der Waals surface area contributed by atoms with Crippen LogP contribution in [-0.2, 0) is 9.84 Å². The first-order valence-corrected chi connectivity index (χ1v) is 6.22. The van der Waals surface area contributed by atoms with E-state index in [0.717, 1.165) is 6.07 Å². The van der Waals surface area contributed by atoms with E-state index in [-0.39, 0.29) is 9.92 Å². The van der Waals surface area contributed by atoms with Crippen molar-refractivity contribution in [2.45, 2.75) is 30.4 Å². The third kappa shape index (κ3) is 2.32. The van der Waals surface area contributed by atoms with Crippen molar-refractivity contribution in [2.75, 3.05) is 0 Å². The average Bonchev–Trinajstić information content (AvgIpc) is 2.00. The minimum absolute atomic E-state index is 0.181. The summed E-state index contributed by atoms with van der Waals surface area (Å²) < 4.78 is 36.2. The standard InChI is InChI=1S/C10H12ClFO2S/c1-10(2,3)15(13,14)9-5-4-7(11)6-8(9)12/h4-6H,1-3H3. The highest BCUT2D eigenvalue weighted by Crippen LogP contribution is 2.28. The second-order valence-corrected chi connectivity index (χ2v) is 7.30. The number of rotatable bonds is 1. The van der Waals surface area contributed by atoms with E-state index in [4.69, 9.17) is 11.6 Å². The van der Waals surface area contributed by atoms with Crippen molar-refractivity contribution in [3.05, 3.63) is 29.0 Å². The molecule has 0 heterocycles. The van der Waals surface area contributed by atoms with Crippen LogP contribution >= 0.6 is 11.6 Å². The Hall–Kier alpha value is -0.610. The summed E-state index contributed by atoms with van der Waals surface area (Å²) >= 11 is 5.55. The molecular weight excluding hydrogens is 239 g/mol. The molecule has 0 aliphatic rings. The van der Waals surface area contributed by atoms with Crippen molar-refractivity contribution in [3.63, 3.8) is 0 Å². The van der Waals surface area contributed by atoms with Crippen LogP contribution in [0.5, 0.6) is 0 Å². The molecule has 84 valence electrons. The van der Waals surface area contributed by atoms with E-state index < -0.39 is 20.4 Å². The summed E-state index contributed by atoms with van der Waals surface area (Å²) in [7, 11) is -3.66. The zero-order valence-electron chi connectivity index (χ0n) is 8.71. The molecule has 2 nitrogen and oxygen atoms in total. The first kappa shape index (κ1) is 12.5. The van der Waals surface area contributed by atoms with Gasteiger partial charge in [0, 0.05) is 5.02 Å². The van der Waals surface area contributed by atoms with Crippen molar-refractivity contribution in [1.29, 1.82) is 0 Å². The van der Waals surface area contributed by atoms with Crippen LogP contribution in [0.25, 0.3) is 0 Å². The van der Waals surface area contributed by atoms with Gasteiger partial charge >= 0.3 is 0 Å². The first-order valence-electron chi connectivity index (χ1n) is 4.36. The van der Waals surface area contributed by atoms with Crippen LogP contribution in [0.3, 0.4) is 0 Å². The third-order valence-electron chi connectivity index (χ3n) is 1.99. The van der Waals surface area contributed by atoms with Gasteiger partial charge in [-0.1, -0.05) is 11.6 Å². The monoisotopic (exact) mass is 250 g/mol. The quantitative estimate of drug-likeness (QED) is 0.768. The molecule has 0 aliphatic heterocycles. The second kappa shape index (κ2) is 3.76. The molecule has 0 saturated heterocycles. The lowest BCUT2D eigenvalue weighted by atomic mass is 10.3. The highest BCUT2D eigenvalue weighted by Gasteiger charge is 2.33. The fourth-order valence-electron chi connectivity index (χ4n) is 1.02. The predicted molar refractivity (Wildman–Crippen MR) is 58.3 cm³/mol. The summed E-state index contributed by atoms with van der Waals surface area (Å²) in [5, 5.41) is 0.181. The van der Waals surface area contributed by atoms with E-state index >= 15 is 0 Å². The molecule has 1 aromatic carbocycles. The van der Waals surface area contributed by atoms with Gasteiger partial charge in [0.1, 0.15) is 10.7 Å². The van der Waals surface area contributed by atoms with Gasteiger partial charge in [-0.15, -0.1) is 0 Å². The first-order chi connectivity index (χ1) is 6.66. The molecule has 1 aromatic rings. The van der Waals surface area contributed by atoms with Gasteiger partial charge in [-0.25, -0.2) is 12.8 Å². The van der Waals surface area contributed by atoms with Crippen LogP contribution in [0.15, 0.2) is 23.1 Å². The summed E-state index contributed by atoms with van der Waals surface area (Å²) in [5.41, 5.74) is 0. The zero-order valence-corrected chi connectivity index (χ0v) is 10.3. The molecule has 15 heavy (non-hydrogen) atoms. The van der Waals surface area contributed by atoms with Crippen molar-refractivity contribution in [3.8, 4) is 0 Å². The predicted octanol–water partition coefficient (Wildman–Crippen LogP) is 3.05. The molecule has 0 aromatic heterocycles. The molecule has 0 saturated carbocycles. The van der Waals surface area contributed by atoms with Crippen molar-refractivity contribution in [2.24, 2.45) is 0 Å². The van der Waals surface area contributed by atoms with Crippen molar-refractivity contribution < 1.29 is 12.8 Å². The highest BCUT2D eigenvalue weighted by atomic mass is 35.5. The van der Waals surface area contributed by atoms with E-state index in [1.54, 1.807) is 0 Å². The van der Waals surface area contributed by atoms with Gasteiger partial charge in [-0.3, -0.25) is 0 Å². The van der Waals surface area contributed by atoms with Gasteiger partial charge in [0.2, 0.25) is 0 Å². The fraction of sp³-hybridized carbons (Fsp3) is 0.400. The minimum atomic E-state index is -3.66. The number of benzene rings is 1. The van der Waals surface area contributed by atoms with Gasteiger partial charge in [0.15, 0.2) is 9.84 Å². The Morgan fingerprint density at radius 1 is 1.27 bits per heavy atom. The topological polar surface area (TPSA) is 34.1 Å². The Kier molecular flexibility index (Phi) is 3.12. The fourth-order valence-corrected chi connectivity index (χ4v) is 2.40. The van der Waals surface area contributed by atoms with Gasteiger partial charge in [-0.05, 0) is 39.0 Å². The van der Waals surface area contributed by atoms with Crippen LogP contribution in [0.1, 0.15) is 20.8 Å². The number of halogens is 2. The maximum atomic E-state index is 13.4. The van der Waals surface area contributed by atoms with E-state index in [1.165, 1.54) is 32.9 Å². The molecule has 0 fully saturated rings. The molecule has 0 radical (unpaired) electrons. The molecule has 0 unspecified atom stereocenters. The van der Waals surface area contributed by atoms with E-state index in [2.05, 4.69) is 0 Å². The molecule has 0 bridgehead atoms.